The van der Waals surface area contributed by atoms with Gasteiger partial charge in [0, 0.05) is 18.7 Å². The van der Waals surface area contributed by atoms with Gasteiger partial charge in [0.25, 0.3) is 0 Å². The first-order chi connectivity index (χ1) is 11.3. The number of hydrogen-bond donors (Lipinski definition) is 2. The standard InChI is InChI=1S/C17H19N5O/c1-2-23-11-10-14-16-13(20-17(18)21-14)8-9-15(22-16)19-12-6-4-3-5-7-12/h3-9H,2,10-11H2,1H3,(H,19,22)(H2,18,20,21). The molecule has 3 N–H and O–H groups in total. The number of pyridine rings is 1. The van der Waals surface area contributed by atoms with Gasteiger partial charge in [0.05, 0.1) is 17.8 Å². The van der Waals surface area contributed by atoms with Crippen LogP contribution >= 0.6 is 0 Å². The van der Waals surface area contributed by atoms with Crippen LogP contribution in [0, 0.1) is 0 Å². The minimum absolute atomic E-state index is 0.259. The molecule has 3 aromatic rings. The number of para-hydroxylation sites is 1. The predicted molar refractivity (Wildman–Crippen MR) is 91.7 cm³/mol. The van der Waals surface area contributed by atoms with Crippen LogP contribution in [0.2, 0.25) is 0 Å². The molecular weight excluding hydrogens is 290 g/mol. The van der Waals surface area contributed by atoms with E-state index < -0.39 is 0 Å². The number of nitrogen functional groups attached to an aromatic ring is 1. The molecule has 0 aliphatic heterocycles. The number of anilines is 3. The van der Waals surface area contributed by atoms with Gasteiger partial charge in [0.2, 0.25) is 5.95 Å². The fourth-order valence-electron chi connectivity index (χ4n) is 2.32. The molecule has 0 radical (unpaired) electrons. The molecule has 0 atom stereocenters. The molecule has 0 saturated carbocycles. The summed E-state index contributed by atoms with van der Waals surface area (Å²) in [6, 6.07) is 13.7. The lowest BCUT2D eigenvalue weighted by Gasteiger charge is -2.09. The van der Waals surface area contributed by atoms with Gasteiger partial charge in [-0.2, -0.15) is 0 Å². The fourth-order valence-corrected chi connectivity index (χ4v) is 2.32. The number of nitrogens with two attached hydrogens (primary N) is 1. The molecule has 0 spiro atoms. The second-order valence-corrected chi connectivity index (χ2v) is 5.03. The summed E-state index contributed by atoms with van der Waals surface area (Å²) >= 11 is 0. The Morgan fingerprint density at radius 1 is 1.04 bits per heavy atom. The zero-order valence-electron chi connectivity index (χ0n) is 13.0. The Morgan fingerprint density at radius 3 is 2.65 bits per heavy atom. The van der Waals surface area contributed by atoms with Gasteiger partial charge in [-0.3, -0.25) is 0 Å². The Bertz CT molecular complexity index is 792. The van der Waals surface area contributed by atoms with Crippen molar-refractivity contribution < 1.29 is 4.74 Å². The lowest BCUT2D eigenvalue weighted by Crippen LogP contribution is -2.06. The van der Waals surface area contributed by atoms with Crippen LogP contribution in [0.15, 0.2) is 42.5 Å². The van der Waals surface area contributed by atoms with Gasteiger partial charge in [0.15, 0.2) is 0 Å². The maximum Gasteiger partial charge on any atom is 0.220 e. The smallest absolute Gasteiger partial charge is 0.220 e. The van der Waals surface area contributed by atoms with Crippen molar-refractivity contribution in [2.24, 2.45) is 0 Å². The van der Waals surface area contributed by atoms with Crippen LogP contribution in [-0.2, 0) is 11.2 Å². The van der Waals surface area contributed by atoms with Crippen LogP contribution in [0.25, 0.3) is 11.0 Å². The molecule has 2 aromatic heterocycles. The van der Waals surface area contributed by atoms with Crippen LogP contribution < -0.4 is 11.1 Å². The van der Waals surface area contributed by atoms with Crippen molar-refractivity contribution in [1.82, 2.24) is 15.0 Å². The highest BCUT2D eigenvalue weighted by molar-refractivity contribution is 5.80. The normalized spacial score (nSPS) is 10.8. The van der Waals surface area contributed by atoms with Crippen molar-refractivity contribution in [2.45, 2.75) is 13.3 Å². The third kappa shape index (κ3) is 3.73. The van der Waals surface area contributed by atoms with Crippen molar-refractivity contribution in [3.05, 3.63) is 48.2 Å². The molecule has 1 aromatic carbocycles. The summed E-state index contributed by atoms with van der Waals surface area (Å²) < 4.78 is 5.41. The van der Waals surface area contributed by atoms with E-state index in [4.69, 9.17) is 10.5 Å². The molecule has 3 rings (SSSR count). The first-order valence-corrected chi connectivity index (χ1v) is 7.59. The van der Waals surface area contributed by atoms with Crippen molar-refractivity contribution in [3.63, 3.8) is 0 Å². The van der Waals surface area contributed by atoms with E-state index in [-0.39, 0.29) is 5.95 Å². The second kappa shape index (κ2) is 7.02. The van der Waals surface area contributed by atoms with Gasteiger partial charge in [0.1, 0.15) is 11.3 Å². The molecule has 0 fully saturated rings. The molecule has 0 saturated heterocycles. The summed E-state index contributed by atoms with van der Waals surface area (Å²) in [6.07, 6.45) is 0.652. The Labute approximate surface area is 134 Å². The minimum atomic E-state index is 0.259. The molecule has 2 heterocycles. The van der Waals surface area contributed by atoms with Gasteiger partial charge in [-0.25, -0.2) is 15.0 Å². The number of nitrogens with zero attached hydrogens (tertiary/aromatic N) is 3. The molecule has 6 heteroatoms. The molecule has 0 unspecified atom stereocenters. The highest BCUT2D eigenvalue weighted by atomic mass is 16.5. The molecule has 0 aliphatic rings. The van der Waals surface area contributed by atoms with Crippen LogP contribution in [0.3, 0.4) is 0 Å². The van der Waals surface area contributed by atoms with Gasteiger partial charge in [-0.15, -0.1) is 0 Å². The SMILES string of the molecule is CCOCCc1nc(N)nc2ccc(Nc3ccccc3)nc12. The number of aromatic nitrogens is 3. The van der Waals surface area contributed by atoms with Gasteiger partial charge in [-0.1, -0.05) is 18.2 Å². The summed E-state index contributed by atoms with van der Waals surface area (Å²) in [5, 5.41) is 3.28. The average Bonchev–Trinajstić information content (AvgIpc) is 2.56. The maximum absolute atomic E-state index is 5.78. The second-order valence-electron chi connectivity index (χ2n) is 5.03. The molecule has 0 aliphatic carbocycles. The highest BCUT2D eigenvalue weighted by Gasteiger charge is 2.09. The summed E-state index contributed by atoms with van der Waals surface area (Å²) in [6.45, 7) is 3.22. The van der Waals surface area contributed by atoms with E-state index in [2.05, 4.69) is 20.3 Å². The molecule has 0 amide bonds. The third-order valence-corrected chi connectivity index (χ3v) is 3.37. The molecular formula is C17H19N5O. The number of benzene rings is 1. The lowest BCUT2D eigenvalue weighted by molar-refractivity contribution is 0.150. The van der Waals surface area contributed by atoms with Crippen LogP contribution in [0.4, 0.5) is 17.5 Å². The molecule has 23 heavy (non-hydrogen) atoms. The fraction of sp³-hybridized carbons (Fsp3) is 0.235. The number of ether oxygens (including phenoxy) is 1. The van der Waals surface area contributed by atoms with E-state index >= 15 is 0 Å². The Balaban J connectivity index is 1.93. The summed E-state index contributed by atoms with van der Waals surface area (Å²) in [4.78, 5) is 13.2. The average molecular weight is 309 g/mol. The van der Waals surface area contributed by atoms with E-state index in [0.717, 1.165) is 28.2 Å². The number of hydrogen-bond acceptors (Lipinski definition) is 6. The predicted octanol–water partition coefficient (Wildman–Crippen LogP) is 2.93. The zero-order valence-corrected chi connectivity index (χ0v) is 13.0. The minimum Gasteiger partial charge on any atom is -0.381 e. The van der Waals surface area contributed by atoms with Gasteiger partial charge < -0.3 is 15.8 Å². The van der Waals surface area contributed by atoms with Crippen molar-refractivity contribution in [3.8, 4) is 0 Å². The first-order valence-electron chi connectivity index (χ1n) is 7.59. The Hall–Kier alpha value is -2.73. The largest absolute Gasteiger partial charge is 0.381 e. The van der Waals surface area contributed by atoms with Crippen LogP contribution in [0.1, 0.15) is 12.6 Å². The Morgan fingerprint density at radius 2 is 1.87 bits per heavy atom. The van der Waals surface area contributed by atoms with Gasteiger partial charge in [-0.05, 0) is 31.2 Å². The van der Waals surface area contributed by atoms with Gasteiger partial charge >= 0.3 is 0 Å². The lowest BCUT2D eigenvalue weighted by atomic mass is 10.2. The van der Waals surface area contributed by atoms with Crippen LogP contribution in [0.5, 0.6) is 0 Å². The van der Waals surface area contributed by atoms with Crippen molar-refractivity contribution >= 4 is 28.5 Å². The van der Waals surface area contributed by atoms with E-state index in [9.17, 15) is 0 Å². The first kappa shape index (κ1) is 15.2. The maximum atomic E-state index is 5.78. The molecule has 0 bridgehead atoms. The summed E-state index contributed by atoms with van der Waals surface area (Å²) in [5.41, 5.74) is 9.05. The van der Waals surface area contributed by atoms with Crippen LogP contribution in [-0.4, -0.2) is 28.2 Å². The van der Waals surface area contributed by atoms with E-state index in [1.54, 1.807) is 0 Å². The molecule has 6 nitrogen and oxygen atoms in total. The van der Waals surface area contributed by atoms with E-state index in [1.165, 1.54) is 0 Å². The molecule has 118 valence electrons. The zero-order chi connectivity index (χ0) is 16.1. The van der Waals surface area contributed by atoms with Crippen molar-refractivity contribution in [2.75, 3.05) is 24.3 Å². The van der Waals surface area contributed by atoms with Crippen molar-refractivity contribution in [1.29, 1.82) is 0 Å². The monoisotopic (exact) mass is 309 g/mol. The number of rotatable bonds is 6. The summed E-state index contributed by atoms with van der Waals surface area (Å²) in [7, 11) is 0. The van der Waals surface area contributed by atoms with E-state index in [0.29, 0.717) is 19.6 Å². The third-order valence-electron chi connectivity index (χ3n) is 3.37. The summed E-state index contributed by atoms with van der Waals surface area (Å²) in [5.74, 6) is 1.00. The van der Waals surface area contributed by atoms with E-state index in [1.807, 2.05) is 49.4 Å². The topological polar surface area (TPSA) is 86.0 Å². The highest BCUT2D eigenvalue weighted by Crippen LogP contribution is 2.20. The quantitative estimate of drug-likeness (QED) is 0.681. The number of nitrogens with one attached hydrogen (secondary N) is 1. The number of fused-ring (bicyclic) bond motifs is 1. The Kier molecular flexibility index (Phi) is 4.63.